The summed E-state index contributed by atoms with van der Waals surface area (Å²) < 4.78 is 6.11. The van der Waals surface area contributed by atoms with Gasteiger partial charge in [-0.2, -0.15) is 0 Å². The Balaban J connectivity index is 0.988. The summed E-state index contributed by atoms with van der Waals surface area (Å²) in [7, 11) is 0. The van der Waals surface area contributed by atoms with Gasteiger partial charge in [0, 0.05) is 44.2 Å². The van der Waals surface area contributed by atoms with Crippen LogP contribution in [0.2, 0.25) is 0 Å². The molecule has 6 rings (SSSR count). The zero-order valence-electron chi connectivity index (χ0n) is 41.3. The van der Waals surface area contributed by atoms with Crippen molar-refractivity contribution in [3.63, 3.8) is 0 Å². The van der Waals surface area contributed by atoms with Crippen LogP contribution in [-0.4, -0.2) is 64.5 Å². The number of rotatable bonds is 22. The summed E-state index contributed by atoms with van der Waals surface area (Å²) in [6.07, 6.45) is 18.1. The molecule has 0 saturated heterocycles. The van der Waals surface area contributed by atoms with Crippen molar-refractivity contribution in [3.8, 4) is 5.75 Å². The molecule has 4 fully saturated rings. The van der Waals surface area contributed by atoms with Crippen LogP contribution < -0.4 is 16.4 Å². The van der Waals surface area contributed by atoms with Crippen LogP contribution in [0.3, 0.4) is 0 Å². The summed E-state index contributed by atoms with van der Waals surface area (Å²) in [5.74, 6) is 2.29. The number of allylic oxidation sites excluding steroid dienone is 1. The Hall–Kier alpha value is -3.73. The summed E-state index contributed by atoms with van der Waals surface area (Å²) in [5.41, 5.74) is 8.81. The maximum Gasteiger partial charge on any atom is 0.408 e. The Kier molecular flexibility index (Phi) is 18.0. The number of ketones is 2. The lowest BCUT2D eigenvalue weighted by Crippen LogP contribution is -2.51. The second-order valence-electron chi connectivity index (χ2n) is 22.8. The first-order valence-electron chi connectivity index (χ1n) is 26.1. The average molecular weight is 916 g/mol. The molecule has 1 aromatic rings. The Morgan fingerprint density at radius 2 is 1.64 bits per heavy atom. The number of benzene rings is 1. The van der Waals surface area contributed by atoms with E-state index >= 15 is 0 Å². The normalized spacial score (nSPS) is 31.8. The monoisotopic (exact) mass is 916 g/mol. The molecule has 5 aliphatic carbocycles. The summed E-state index contributed by atoms with van der Waals surface area (Å²) in [5, 5.41) is 25.7. The summed E-state index contributed by atoms with van der Waals surface area (Å²) in [6.45, 7) is 14.7. The van der Waals surface area contributed by atoms with E-state index in [9.17, 15) is 34.2 Å². The average Bonchev–Trinajstić information content (AvgIpc) is 3.63. The number of nitrogens with one attached hydrogen (secondary N) is 2. The number of carboxylic acids is 1. The molecule has 6 N–H and O–H groups in total. The smallest absolute Gasteiger partial charge is 0.408 e. The minimum absolute atomic E-state index is 0.0170. The second kappa shape index (κ2) is 23.0. The van der Waals surface area contributed by atoms with Crippen molar-refractivity contribution in [2.45, 2.75) is 195 Å². The molecule has 0 aliphatic heterocycles. The van der Waals surface area contributed by atoms with E-state index in [1.165, 1.54) is 62.7 Å². The van der Waals surface area contributed by atoms with Gasteiger partial charge in [-0.25, -0.2) is 4.79 Å². The van der Waals surface area contributed by atoms with Crippen LogP contribution in [0.4, 0.5) is 4.79 Å². The molecule has 0 radical (unpaired) electrons. The molecule has 11 nitrogen and oxygen atoms in total. The molecule has 0 heterocycles. The van der Waals surface area contributed by atoms with Gasteiger partial charge in [-0.3, -0.25) is 19.2 Å². The molecule has 368 valence electrons. The fourth-order valence-corrected chi connectivity index (χ4v) is 13.8. The Morgan fingerprint density at radius 3 is 2.35 bits per heavy atom. The van der Waals surface area contributed by atoms with Crippen molar-refractivity contribution in [2.75, 3.05) is 6.54 Å². The third kappa shape index (κ3) is 12.9. The number of carboxylic acid groups (broad SMARTS) is 1. The van der Waals surface area contributed by atoms with E-state index in [1.54, 1.807) is 12.1 Å². The van der Waals surface area contributed by atoms with Crippen LogP contribution in [0, 0.1) is 64.1 Å². The van der Waals surface area contributed by atoms with Gasteiger partial charge in [0.15, 0.2) is 5.78 Å². The first-order valence-corrected chi connectivity index (χ1v) is 26.1. The molecule has 11 heteroatoms. The van der Waals surface area contributed by atoms with Crippen molar-refractivity contribution < 1.29 is 38.9 Å². The van der Waals surface area contributed by atoms with E-state index < -0.39 is 29.8 Å². The van der Waals surface area contributed by atoms with Gasteiger partial charge in [-0.15, -0.1) is 0 Å². The number of ether oxygens (including phenoxy) is 1. The van der Waals surface area contributed by atoms with Crippen molar-refractivity contribution >= 4 is 29.5 Å². The minimum Gasteiger partial charge on any atom is -0.508 e. The first-order chi connectivity index (χ1) is 31.4. The topological polar surface area (TPSA) is 185 Å². The third-order valence-corrected chi connectivity index (χ3v) is 18.0. The summed E-state index contributed by atoms with van der Waals surface area (Å²) >= 11 is 0. The van der Waals surface area contributed by atoms with Crippen molar-refractivity contribution in [1.29, 1.82) is 0 Å². The Morgan fingerprint density at radius 1 is 0.879 bits per heavy atom. The number of aliphatic carboxylic acids is 1. The van der Waals surface area contributed by atoms with Gasteiger partial charge in [0.2, 0.25) is 5.91 Å². The molecule has 66 heavy (non-hydrogen) atoms. The Labute approximate surface area is 396 Å². The number of aromatic hydroxyl groups is 1. The molecule has 0 bridgehead atoms. The maximum atomic E-state index is 13.9. The molecule has 4 saturated carbocycles. The van der Waals surface area contributed by atoms with Crippen molar-refractivity contribution in [2.24, 2.45) is 69.8 Å². The number of phenolic OH excluding ortho intramolecular Hbond substituents is 1. The third-order valence-electron chi connectivity index (χ3n) is 18.0. The number of carbonyl (C=O) groups is 5. The van der Waals surface area contributed by atoms with E-state index in [1.807, 2.05) is 0 Å². The summed E-state index contributed by atoms with van der Waals surface area (Å²) in [6, 6.07) is 5.41. The molecular formula is C55H85N3O8. The number of fused-ring (bicyclic) bond motifs is 5. The van der Waals surface area contributed by atoms with Crippen LogP contribution in [0.15, 0.2) is 35.9 Å². The molecular weight excluding hydrogens is 831 g/mol. The van der Waals surface area contributed by atoms with E-state index in [0.29, 0.717) is 61.0 Å². The van der Waals surface area contributed by atoms with Gasteiger partial charge < -0.3 is 31.3 Å². The second-order valence-corrected chi connectivity index (χ2v) is 22.8. The van der Waals surface area contributed by atoms with Crippen LogP contribution >= 0.6 is 0 Å². The number of hydrogen-bond acceptors (Lipinski definition) is 8. The largest absolute Gasteiger partial charge is 0.508 e. The van der Waals surface area contributed by atoms with E-state index in [-0.39, 0.29) is 73.0 Å². The number of phenols is 1. The number of hydrogen-bond donors (Lipinski definition) is 5. The molecule has 6 unspecified atom stereocenters. The number of Topliss-reactive ketones (excluding diaryl/α,β-unsaturated/α-hetero) is 2. The van der Waals surface area contributed by atoms with E-state index in [2.05, 4.69) is 58.3 Å². The SMILES string of the molecule is CC(C)CCC[C@@H](C)C1CC[C@H]2[C@@H]3CC=C4CC(OC(=O)NC(Cc5ccc(O)cc5)C(=O)C[C@H](CCCCNC(=O)CCC(=O)C5CCC(C)C(N)C5)C(=O)O)CC[C@]4(C)[C@H]3CC[C@]12C. The molecule has 0 spiro atoms. The number of unbranched alkanes of at least 4 members (excludes halogenated alkanes) is 1. The molecule has 0 aromatic heterocycles. The highest BCUT2D eigenvalue weighted by atomic mass is 16.6. The van der Waals surface area contributed by atoms with Crippen LogP contribution in [0.25, 0.3) is 0 Å². The molecule has 13 atom stereocenters. The highest BCUT2D eigenvalue weighted by Crippen LogP contribution is 2.67. The number of amides is 2. The maximum absolute atomic E-state index is 13.9. The van der Waals surface area contributed by atoms with Gasteiger partial charge in [0.05, 0.1) is 12.0 Å². The fourth-order valence-electron chi connectivity index (χ4n) is 13.8. The van der Waals surface area contributed by atoms with E-state index in [0.717, 1.165) is 55.8 Å². The van der Waals surface area contributed by atoms with Crippen molar-refractivity contribution in [3.05, 3.63) is 41.5 Å². The highest BCUT2D eigenvalue weighted by Gasteiger charge is 2.59. The Bertz CT molecular complexity index is 1860. The number of nitrogens with two attached hydrogens (primary N) is 1. The molecule has 1 aromatic carbocycles. The van der Waals surface area contributed by atoms with Gasteiger partial charge in [-0.05, 0) is 153 Å². The minimum atomic E-state index is -1.09. The van der Waals surface area contributed by atoms with Crippen LogP contribution in [-0.2, 0) is 30.3 Å². The van der Waals surface area contributed by atoms with Gasteiger partial charge >= 0.3 is 12.1 Å². The van der Waals surface area contributed by atoms with Crippen LogP contribution in [0.1, 0.15) is 176 Å². The lowest BCUT2D eigenvalue weighted by Gasteiger charge is -2.58. The quantitative estimate of drug-likeness (QED) is 0.0558. The standard InChI is InChI=1S/C55H85N3O8/c1-34(2)10-9-11-35(3)44-21-22-45-43-20-17-40-33-42(25-27-54(40,5)46(43)26-28-55(44,45)6)66-53(65)58-48(30-37-14-18-41(59)19-15-37)50(61)32-39(52(63)64)12-7-8-29-57-51(62)24-23-49(60)38-16-13-36(4)47(56)31-38/h14-15,17-19,34-36,38-39,42-48,59H,7-13,16,20-33,56H2,1-6H3,(H,57,62)(H,58,65)(H,63,64)/t35-,36?,38?,39+,42?,43+,44?,45+,46+,47?,48?,54+,55-/m1/s1. The molecule has 5 aliphatic rings. The number of alkyl carbamates (subject to hydrolysis) is 1. The van der Waals surface area contributed by atoms with Gasteiger partial charge in [0.25, 0.3) is 0 Å². The summed E-state index contributed by atoms with van der Waals surface area (Å²) in [4.78, 5) is 65.2. The lowest BCUT2D eigenvalue weighted by atomic mass is 9.47. The fraction of sp³-hybridized carbons (Fsp3) is 0.764. The van der Waals surface area contributed by atoms with Gasteiger partial charge in [0.1, 0.15) is 17.6 Å². The van der Waals surface area contributed by atoms with Crippen molar-refractivity contribution in [1.82, 2.24) is 10.6 Å². The molecule has 2 amide bonds. The first kappa shape index (κ1) is 51.7. The van der Waals surface area contributed by atoms with Crippen LogP contribution in [0.5, 0.6) is 5.75 Å². The zero-order valence-corrected chi connectivity index (χ0v) is 41.3. The highest BCUT2D eigenvalue weighted by molar-refractivity contribution is 5.90. The zero-order chi connectivity index (χ0) is 47.8. The lowest BCUT2D eigenvalue weighted by molar-refractivity contribution is -0.144. The van der Waals surface area contributed by atoms with E-state index in [4.69, 9.17) is 10.5 Å². The predicted molar refractivity (Wildman–Crippen MR) is 258 cm³/mol. The van der Waals surface area contributed by atoms with Gasteiger partial charge in [-0.1, -0.05) is 91.0 Å². The predicted octanol–water partition coefficient (Wildman–Crippen LogP) is 10.5. The number of carbonyl (C=O) groups excluding carboxylic acids is 4.